The number of para-hydroxylation sites is 2. The number of rotatable bonds is 7. The Morgan fingerprint density at radius 1 is 1.22 bits per heavy atom. The molecule has 140 valence electrons. The molecule has 0 aliphatic carbocycles. The van der Waals surface area contributed by atoms with Crippen LogP contribution in [0.5, 0.6) is 5.75 Å². The number of benzene rings is 2. The van der Waals surface area contributed by atoms with E-state index < -0.39 is 6.04 Å². The van der Waals surface area contributed by atoms with E-state index in [9.17, 15) is 4.79 Å². The highest BCUT2D eigenvalue weighted by atomic mass is 16.5. The van der Waals surface area contributed by atoms with Crippen LogP contribution in [0.25, 0.3) is 0 Å². The number of aromatic nitrogens is 2. The van der Waals surface area contributed by atoms with E-state index in [1.807, 2.05) is 48.5 Å². The van der Waals surface area contributed by atoms with Gasteiger partial charge in [-0.2, -0.15) is 4.98 Å². The van der Waals surface area contributed by atoms with Crippen LogP contribution in [0.3, 0.4) is 0 Å². The summed E-state index contributed by atoms with van der Waals surface area (Å²) in [6, 6.07) is 14.4. The number of anilines is 1. The van der Waals surface area contributed by atoms with Crippen molar-refractivity contribution in [2.45, 2.75) is 25.8 Å². The van der Waals surface area contributed by atoms with Gasteiger partial charge in [-0.05, 0) is 24.1 Å². The molecule has 0 aliphatic rings. The maximum absolute atomic E-state index is 12.6. The fourth-order valence-electron chi connectivity index (χ4n) is 2.86. The molecule has 2 aromatic carbocycles. The van der Waals surface area contributed by atoms with Crippen LogP contribution in [-0.2, 0) is 11.2 Å². The molecule has 0 bridgehead atoms. The van der Waals surface area contributed by atoms with Crippen LogP contribution >= 0.6 is 0 Å². The molecular formula is C20H22N4O3. The Hall–Kier alpha value is -3.35. The zero-order valence-corrected chi connectivity index (χ0v) is 15.3. The molecule has 1 amide bonds. The van der Waals surface area contributed by atoms with Crippen LogP contribution in [0.1, 0.15) is 35.3 Å². The number of carbonyl (C=O) groups is 1. The van der Waals surface area contributed by atoms with Gasteiger partial charge >= 0.3 is 0 Å². The maximum atomic E-state index is 12.6. The summed E-state index contributed by atoms with van der Waals surface area (Å²) < 4.78 is 10.5. The highest BCUT2D eigenvalue weighted by molar-refractivity contribution is 5.77. The lowest BCUT2D eigenvalue weighted by atomic mass is 10.0. The molecule has 1 unspecified atom stereocenters. The second-order valence-corrected chi connectivity index (χ2v) is 6.11. The third-order valence-corrected chi connectivity index (χ3v) is 4.23. The lowest BCUT2D eigenvalue weighted by Crippen LogP contribution is -2.30. The lowest BCUT2D eigenvalue weighted by molar-refractivity contribution is -0.121. The number of nitrogens with zero attached hydrogens (tertiary/aromatic N) is 2. The molecule has 7 nitrogen and oxygen atoms in total. The van der Waals surface area contributed by atoms with Gasteiger partial charge in [0, 0.05) is 24.6 Å². The van der Waals surface area contributed by atoms with Crippen LogP contribution in [0.15, 0.2) is 53.1 Å². The molecule has 1 aromatic heterocycles. The summed E-state index contributed by atoms with van der Waals surface area (Å²) in [6.45, 7) is 1.70. The minimum Gasteiger partial charge on any atom is -0.496 e. The summed E-state index contributed by atoms with van der Waals surface area (Å²) in [4.78, 5) is 16.9. The molecule has 3 rings (SSSR count). The Kier molecular flexibility index (Phi) is 5.71. The van der Waals surface area contributed by atoms with Crippen molar-refractivity contribution in [3.63, 3.8) is 0 Å². The first-order valence-electron chi connectivity index (χ1n) is 8.64. The number of nitrogen functional groups attached to an aromatic ring is 1. The van der Waals surface area contributed by atoms with Crippen molar-refractivity contribution in [1.29, 1.82) is 0 Å². The molecule has 0 saturated carbocycles. The minimum absolute atomic E-state index is 0.142. The van der Waals surface area contributed by atoms with E-state index >= 15 is 0 Å². The monoisotopic (exact) mass is 366 g/mol. The standard InChI is InChI=1S/C20H22N4O3/c1-13-22-20(24-27-13)19(15-8-4-6-10-17(15)26-2)23-18(25)12-11-14-7-3-5-9-16(14)21/h3-10,19H,11-12,21H2,1-2H3,(H,23,25). The number of methoxy groups -OCH3 is 1. The van der Waals surface area contributed by atoms with Crippen LogP contribution in [0, 0.1) is 6.92 Å². The van der Waals surface area contributed by atoms with Crippen molar-refractivity contribution in [2.75, 3.05) is 12.8 Å². The number of nitrogens with two attached hydrogens (primary N) is 1. The second kappa shape index (κ2) is 8.35. The zero-order chi connectivity index (χ0) is 19.2. The third-order valence-electron chi connectivity index (χ3n) is 4.23. The fraction of sp³-hybridized carbons (Fsp3) is 0.250. The highest BCUT2D eigenvalue weighted by Gasteiger charge is 2.24. The summed E-state index contributed by atoms with van der Waals surface area (Å²) in [7, 11) is 1.58. The van der Waals surface area contributed by atoms with Crippen LogP contribution in [0.4, 0.5) is 5.69 Å². The van der Waals surface area contributed by atoms with Gasteiger partial charge in [0.1, 0.15) is 11.8 Å². The molecular weight excluding hydrogens is 344 g/mol. The van der Waals surface area contributed by atoms with Gasteiger partial charge in [-0.3, -0.25) is 4.79 Å². The average molecular weight is 366 g/mol. The Labute approximate surface area is 157 Å². The number of nitrogens with one attached hydrogen (secondary N) is 1. The number of ether oxygens (including phenoxy) is 1. The van der Waals surface area contributed by atoms with Gasteiger partial charge in [0.25, 0.3) is 0 Å². The smallest absolute Gasteiger partial charge is 0.223 e. The average Bonchev–Trinajstić information content (AvgIpc) is 3.11. The zero-order valence-electron chi connectivity index (χ0n) is 15.3. The van der Waals surface area contributed by atoms with Crippen LogP contribution in [0.2, 0.25) is 0 Å². The molecule has 27 heavy (non-hydrogen) atoms. The summed E-state index contributed by atoms with van der Waals surface area (Å²) in [5.41, 5.74) is 8.33. The number of carbonyl (C=O) groups excluding carboxylic acids is 1. The third kappa shape index (κ3) is 4.44. The van der Waals surface area contributed by atoms with Crippen LogP contribution < -0.4 is 15.8 Å². The van der Waals surface area contributed by atoms with Gasteiger partial charge in [0.2, 0.25) is 11.8 Å². The Morgan fingerprint density at radius 2 is 1.96 bits per heavy atom. The molecule has 7 heteroatoms. The van der Waals surface area contributed by atoms with Crippen molar-refractivity contribution < 1.29 is 14.1 Å². The van der Waals surface area contributed by atoms with E-state index in [0.717, 1.165) is 11.1 Å². The molecule has 1 heterocycles. The molecule has 0 spiro atoms. The molecule has 0 radical (unpaired) electrons. The van der Waals surface area contributed by atoms with Gasteiger partial charge in [0.05, 0.1) is 7.11 Å². The number of hydrogen-bond donors (Lipinski definition) is 2. The van der Waals surface area contributed by atoms with Gasteiger partial charge in [-0.15, -0.1) is 0 Å². The van der Waals surface area contributed by atoms with Crippen molar-refractivity contribution in [2.24, 2.45) is 0 Å². The Morgan fingerprint density at radius 3 is 2.67 bits per heavy atom. The van der Waals surface area contributed by atoms with E-state index in [0.29, 0.717) is 29.6 Å². The van der Waals surface area contributed by atoms with Crippen molar-refractivity contribution in [3.05, 3.63) is 71.4 Å². The van der Waals surface area contributed by atoms with Gasteiger partial charge < -0.3 is 20.3 Å². The van der Waals surface area contributed by atoms with Gasteiger partial charge in [-0.1, -0.05) is 41.6 Å². The van der Waals surface area contributed by atoms with Gasteiger partial charge in [0.15, 0.2) is 5.82 Å². The van der Waals surface area contributed by atoms with E-state index in [1.54, 1.807) is 14.0 Å². The number of aryl methyl sites for hydroxylation is 2. The summed E-state index contributed by atoms with van der Waals surface area (Å²) in [6.07, 6.45) is 0.832. The fourth-order valence-corrected chi connectivity index (χ4v) is 2.86. The first-order valence-corrected chi connectivity index (χ1v) is 8.64. The predicted octanol–water partition coefficient (Wildman–Crippen LogP) is 2.81. The van der Waals surface area contributed by atoms with Crippen molar-refractivity contribution in [3.8, 4) is 5.75 Å². The number of amides is 1. The summed E-state index contributed by atoms with van der Waals surface area (Å²) in [5.74, 6) is 1.30. The van der Waals surface area contributed by atoms with E-state index in [1.165, 1.54) is 0 Å². The highest BCUT2D eigenvalue weighted by Crippen LogP contribution is 2.28. The summed E-state index contributed by atoms with van der Waals surface area (Å²) in [5, 5.41) is 6.96. The molecule has 3 N–H and O–H groups in total. The maximum Gasteiger partial charge on any atom is 0.223 e. The number of hydrogen-bond acceptors (Lipinski definition) is 6. The summed E-state index contributed by atoms with van der Waals surface area (Å²) >= 11 is 0. The molecule has 0 fully saturated rings. The first-order chi connectivity index (χ1) is 13.1. The largest absolute Gasteiger partial charge is 0.496 e. The van der Waals surface area contributed by atoms with Crippen LogP contribution in [-0.4, -0.2) is 23.2 Å². The normalized spacial score (nSPS) is 11.8. The molecule has 3 aromatic rings. The first kappa shape index (κ1) is 18.4. The molecule has 0 saturated heterocycles. The quantitative estimate of drug-likeness (QED) is 0.623. The van der Waals surface area contributed by atoms with E-state index in [2.05, 4.69) is 15.5 Å². The van der Waals surface area contributed by atoms with Gasteiger partial charge in [-0.25, -0.2) is 0 Å². The van der Waals surface area contributed by atoms with E-state index in [4.69, 9.17) is 15.0 Å². The van der Waals surface area contributed by atoms with Crippen molar-refractivity contribution in [1.82, 2.24) is 15.5 Å². The van der Waals surface area contributed by atoms with Crippen molar-refractivity contribution >= 4 is 11.6 Å². The SMILES string of the molecule is COc1ccccc1C(NC(=O)CCc1ccccc1N)c1noc(C)n1. The Balaban J connectivity index is 1.79. The topological polar surface area (TPSA) is 103 Å². The second-order valence-electron chi connectivity index (χ2n) is 6.11. The molecule has 1 atom stereocenters. The molecule has 0 aliphatic heterocycles. The minimum atomic E-state index is -0.570. The lowest BCUT2D eigenvalue weighted by Gasteiger charge is -2.18. The predicted molar refractivity (Wildman–Crippen MR) is 101 cm³/mol. The Bertz CT molecular complexity index is 923. The van der Waals surface area contributed by atoms with E-state index in [-0.39, 0.29) is 12.3 Å².